The molecule has 0 saturated heterocycles. The molecule has 3 rings (SSSR count). The minimum atomic E-state index is -0.902. The molecule has 1 aliphatic heterocycles. The second-order valence-corrected chi connectivity index (χ2v) is 5.68. The third kappa shape index (κ3) is 3.05. The molecule has 2 aromatic rings. The summed E-state index contributed by atoms with van der Waals surface area (Å²) in [6, 6.07) is 10.0. The first kappa shape index (κ1) is 16.3. The molecule has 0 aliphatic carbocycles. The number of aliphatic hydroxyl groups excluding tert-OH is 2. The Morgan fingerprint density at radius 2 is 2.08 bits per heavy atom. The fourth-order valence-electron chi connectivity index (χ4n) is 3.03. The van der Waals surface area contributed by atoms with Gasteiger partial charge in [0.15, 0.2) is 0 Å². The number of halogens is 1. The summed E-state index contributed by atoms with van der Waals surface area (Å²) in [6.45, 7) is -0.362. The first-order chi connectivity index (χ1) is 11.6. The minimum Gasteiger partial charge on any atom is -0.457 e. The van der Waals surface area contributed by atoms with Gasteiger partial charge in [-0.2, -0.15) is 0 Å². The highest BCUT2D eigenvalue weighted by Gasteiger charge is 2.27. The highest BCUT2D eigenvalue weighted by molar-refractivity contribution is 5.58. The van der Waals surface area contributed by atoms with Crippen molar-refractivity contribution in [2.45, 2.75) is 24.9 Å². The molecule has 2 N–H and O–H groups in total. The van der Waals surface area contributed by atoms with Gasteiger partial charge in [0.05, 0.1) is 18.4 Å². The molecule has 2 atom stereocenters. The monoisotopic (exact) mass is 329 g/mol. The normalized spacial score (nSPS) is 16.9. The largest absolute Gasteiger partial charge is 0.457 e. The van der Waals surface area contributed by atoms with Crippen molar-refractivity contribution in [3.8, 4) is 11.5 Å². The Morgan fingerprint density at radius 1 is 1.29 bits per heavy atom. The summed E-state index contributed by atoms with van der Waals surface area (Å²) < 4.78 is 20.0. The van der Waals surface area contributed by atoms with Crippen molar-refractivity contribution in [1.29, 1.82) is 0 Å². The Hall–Kier alpha value is -2.60. The van der Waals surface area contributed by atoms with E-state index >= 15 is 0 Å². The van der Waals surface area contributed by atoms with E-state index in [1.165, 1.54) is 12.1 Å². The Labute approximate surface area is 137 Å². The number of azide groups is 1. The minimum absolute atomic E-state index is 0.0914. The van der Waals surface area contributed by atoms with Crippen LogP contribution in [0, 0.1) is 5.82 Å². The third-order valence-corrected chi connectivity index (χ3v) is 4.13. The van der Waals surface area contributed by atoms with Gasteiger partial charge in [-0.3, -0.25) is 0 Å². The van der Waals surface area contributed by atoms with Gasteiger partial charge in [0.25, 0.3) is 0 Å². The van der Waals surface area contributed by atoms with Crippen molar-refractivity contribution in [3.63, 3.8) is 0 Å². The summed E-state index contributed by atoms with van der Waals surface area (Å²) in [5.74, 6) is 0.193. The molecule has 0 bridgehead atoms. The molecule has 6 nitrogen and oxygen atoms in total. The Balaban J connectivity index is 2.13. The van der Waals surface area contributed by atoms with Crippen LogP contribution in [0.15, 0.2) is 41.5 Å². The number of nitrogens with zero attached hydrogens (tertiary/aromatic N) is 3. The van der Waals surface area contributed by atoms with Crippen molar-refractivity contribution in [1.82, 2.24) is 0 Å². The van der Waals surface area contributed by atoms with Gasteiger partial charge >= 0.3 is 0 Å². The lowest BCUT2D eigenvalue weighted by molar-refractivity contribution is 0.0821. The van der Waals surface area contributed by atoms with Crippen molar-refractivity contribution < 1.29 is 19.3 Å². The first-order valence-corrected chi connectivity index (χ1v) is 7.56. The van der Waals surface area contributed by atoms with Crippen molar-refractivity contribution in [3.05, 3.63) is 63.8 Å². The molecule has 1 heterocycles. The molecule has 0 aromatic heterocycles. The van der Waals surface area contributed by atoms with E-state index < -0.39 is 11.9 Å². The van der Waals surface area contributed by atoms with E-state index in [2.05, 4.69) is 10.0 Å². The Morgan fingerprint density at radius 3 is 2.83 bits per heavy atom. The topological polar surface area (TPSA) is 98.5 Å². The fourth-order valence-corrected chi connectivity index (χ4v) is 3.03. The zero-order valence-corrected chi connectivity index (χ0v) is 12.8. The number of ether oxygens (including phenoxy) is 1. The van der Waals surface area contributed by atoms with Gasteiger partial charge in [-0.1, -0.05) is 23.3 Å². The number of hydrogen-bond acceptors (Lipinski definition) is 4. The zero-order valence-electron chi connectivity index (χ0n) is 12.8. The van der Waals surface area contributed by atoms with Crippen LogP contribution in [-0.4, -0.2) is 22.9 Å². The van der Waals surface area contributed by atoms with E-state index in [1.54, 1.807) is 6.07 Å². The van der Waals surface area contributed by atoms with E-state index in [0.29, 0.717) is 23.5 Å². The maximum Gasteiger partial charge on any atom is 0.133 e. The molecule has 0 unspecified atom stereocenters. The van der Waals surface area contributed by atoms with Gasteiger partial charge in [-0.15, -0.1) is 0 Å². The van der Waals surface area contributed by atoms with Crippen LogP contribution >= 0.6 is 0 Å². The van der Waals surface area contributed by atoms with E-state index in [-0.39, 0.29) is 24.6 Å². The summed E-state index contributed by atoms with van der Waals surface area (Å²) in [4.78, 5) is 2.70. The lowest BCUT2D eigenvalue weighted by Crippen LogP contribution is -2.17. The van der Waals surface area contributed by atoms with E-state index in [1.807, 2.05) is 18.2 Å². The quantitative estimate of drug-likeness (QED) is 0.505. The number of para-hydroxylation sites is 1. The van der Waals surface area contributed by atoms with Crippen LogP contribution < -0.4 is 4.74 Å². The van der Waals surface area contributed by atoms with Crippen molar-refractivity contribution >= 4 is 5.69 Å². The lowest BCUT2D eigenvalue weighted by atomic mass is 9.87. The van der Waals surface area contributed by atoms with Gasteiger partial charge in [-0.25, -0.2) is 4.39 Å². The third-order valence-electron chi connectivity index (χ3n) is 4.13. The molecule has 0 radical (unpaired) electrons. The van der Waals surface area contributed by atoms with Crippen molar-refractivity contribution in [2.75, 3.05) is 6.61 Å². The molecule has 0 amide bonds. The zero-order chi connectivity index (χ0) is 17.1. The molecule has 24 heavy (non-hydrogen) atoms. The molecule has 0 fully saturated rings. The van der Waals surface area contributed by atoms with Gasteiger partial charge in [0.2, 0.25) is 0 Å². The highest BCUT2D eigenvalue weighted by atomic mass is 19.1. The Bertz CT molecular complexity index is 806. The average Bonchev–Trinajstić information content (AvgIpc) is 2.74. The molecular formula is C17H16FN3O3. The van der Waals surface area contributed by atoms with E-state index in [0.717, 1.165) is 5.56 Å². The van der Waals surface area contributed by atoms with Crippen LogP contribution in [0.2, 0.25) is 0 Å². The maximum atomic E-state index is 14.1. The van der Waals surface area contributed by atoms with Crippen LogP contribution in [0.4, 0.5) is 10.1 Å². The predicted molar refractivity (Wildman–Crippen MR) is 85.9 cm³/mol. The van der Waals surface area contributed by atoms with E-state index in [9.17, 15) is 9.50 Å². The second-order valence-electron chi connectivity index (χ2n) is 5.68. The SMILES string of the molecule is [N-]=[N+]=Nc1c(F)ccc2c1C[C@H](C[C@@H](O)CO)c1ccccc1O2. The summed E-state index contributed by atoms with van der Waals surface area (Å²) >= 11 is 0. The summed E-state index contributed by atoms with van der Waals surface area (Å²) in [6.07, 6.45) is -0.293. The molecule has 124 valence electrons. The molecule has 7 heteroatoms. The van der Waals surface area contributed by atoms with Crippen LogP contribution in [-0.2, 0) is 6.42 Å². The maximum absolute atomic E-state index is 14.1. The number of fused-ring (bicyclic) bond motifs is 2. The van der Waals surface area contributed by atoms with Gasteiger partial charge < -0.3 is 14.9 Å². The number of rotatable bonds is 4. The second kappa shape index (κ2) is 6.88. The van der Waals surface area contributed by atoms with Crippen LogP contribution in [0.3, 0.4) is 0 Å². The van der Waals surface area contributed by atoms with Gasteiger partial charge in [-0.05, 0) is 48.1 Å². The van der Waals surface area contributed by atoms with Crippen LogP contribution in [0.5, 0.6) is 11.5 Å². The fraction of sp³-hybridized carbons (Fsp3) is 0.294. The molecule has 2 aromatic carbocycles. The summed E-state index contributed by atoms with van der Waals surface area (Å²) in [5.41, 5.74) is 9.94. The van der Waals surface area contributed by atoms with Gasteiger partial charge in [0, 0.05) is 10.5 Å². The van der Waals surface area contributed by atoms with Crippen LogP contribution in [0.25, 0.3) is 10.4 Å². The first-order valence-electron chi connectivity index (χ1n) is 7.56. The predicted octanol–water partition coefficient (Wildman–Crippen LogP) is 3.94. The average molecular weight is 329 g/mol. The number of benzene rings is 2. The summed E-state index contributed by atoms with van der Waals surface area (Å²) in [7, 11) is 0. The Kier molecular flexibility index (Phi) is 4.66. The molecular weight excluding hydrogens is 313 g/mol. The lowest BCUT2D eigenvalue weighted by Gasteiger charge is -2.19. The smallest absolute Gasteiger partial charge is 0.133 e. The number of aliphatic hydroxyl groups is 2. The molecule has 1 aliphatic rings. The van der Waals surface area contributed by atoms with Crippen LogP contribution in [0.1, 0.15) is 23.5 Å². The summed E-state index contributed by atoms with van der Waals surface area (Å²) in [5, 5.41) is 22.5. The highest BCUT2D eigenvalue weighted by Crippen LogP contribution is 2.45. The van der Waals surface area contributed by atoms with E-state index in [4.69, 9.17) is 15.4 Å². The number of hydrogen-bond donors (Lipinski definition) is 2. The molecule has 0 spiro atoms. The standard InChI is InChI=1S/C17H16FN3O3/c18-14-5-6-16-13(17(14)20-21-19)8-10(7-11(23)9-22)12-3-1-2-4-15(12)24-16/h1-6,10-11,22-23H,7-9H2/t10-,11+/m0/s1. The van der Waals surface area contributed by atoms with Crippen molar-refractivity contribution in [2.24, 2.45) is 5.11 Å². The van der Waals surface area contributed by atoms with Gasteiger partial charge in [0.1, 0.15) is 17.3 Å². The molecule has 0 saturated carbocycles.